The van der Waals surface area contributed by atoms with Crippen molar-refractivity contribution in [1.82, 2.24) is 25.5 Å². The third-order valence-corrected chi connectivity index (χ3v) is 3.96. The van der Waals surface area contributed by atoms with Gasteiger partial charge in [0.15, 0.2) is 5.82 Å². The average molecular weight is 349 g/mol. The molecule has 1 heterocycles. The summed E-state index contributed by atoms with van der Waals surface area (Å²) in [7, 11) is 0. The van der Waals surface area contributed by atoms with Crippen LogP contribution in [0.4, 0.5) is 0 Å². The van der Waals surface area contributed by atoms with Crippen LogP contribution in [0.3, 0.4) is 0 Å². The fourth-order valence-corrected chi connectivity index (χ4v) is 2.43. The van der Waals surface area contributed by atoms with Crippen LogP contribution in [0.2, 0.25) is 15.1 Å². The molecule has 0 radical (unpaired) electrons. The third-order valence-electron chi connectivity index (χ3n) is 2.93. The topological polar surface area (TPSA) is 55.6 Å². The molecule has 1 aromatic heterocycles. The maximum Gasteiger partial charge on any atom is 0.173 e. The van der Waals surface area contributed by atoms with E-state index >= 15 is 0 Å². The molecule has 0 amide bonds. The summed E-state index contributed by atoms with van der Waals surface area (Å²) in [6.45, 7) is 7.14. The van der Waals surface area contributed by atoms with Crippen LogP contribution >= 0.6 is 34.8 Å². The fraction of sp³-hybridized carbons (Fsp3) is 0.462. The molecule has 0 saturated heterocycles. The van der Waals surface area contributed by atoms with Gasteiger partial charge in [0.25, 0.3) is 0 Å². The SMILES string of the molecule is CC(C)CNC(C)c1nnnn1-c1cc(Cl)c(Cl)cc1Cl. The highest BCUT2D eigenvalue weighted by molar-refractivity contribution is 6.43. The summed E-state index contributed by atoms with van der Waals surface area (Å²) in [6, 6.07) is 3.22. The minimum absolute atomic E-state index is 0.0204. The lowest BCUT2D eigenvalue weighted by Gasteiger charge is -2.15. The zero-order chi connectivity index (χ0) is 15.6. The molecule has 5 nitrogen and oxygen atoms in total. The highest BCUT2D eigenvalue weighted by Gasteiger charge is 2.18. The summed E-state index contributed by atoms with van der Waals surface area (Å²) in [4.78, 5) is 0. The maximum atomic E-state index is 6.22. The Hall–Kier alpha value is -0.880. The molecule has 1 N–H and O–H groups in total. The van der Waals surface area contributed by atoms with Gasteiger partial charge in [0.1, 0.15) is 0 Å². The van der Waals surface area contributed by atoms with Crippen LogP contribution in [0.5, 0.6) is 0 Å². The Balaban J connectivity index is 2.34. The molecule has 114 valence electrons. The van der Waals surface area contributed by atoms with Crippen molar-refractivity contribution in [3.8, 4) is 5.69 Å². The predicted molar refractivity (Wildman–Crippen MR) is 85.4 cm³/mol. The summed E-state index contributed by atoms with van der Waals surface area (Å²) in [5.74, 6) is 1.20. The molecular weight excluding hydrogens is 333 g/mol. The van der Waals surface area contributed by atoms with E-state index in [-0.39, 0.29) is 6.04 Å². The number of hydrogen-bond donors (Lipinski definition) is 1. The average Bonchev–Trinajstić information content (AvgIpc) is 2.89. The van der Waals surface area contributed by atoms with Gasteiger partial charge in [-0.1, -0.05) is 48.7 Å². The van der Waals surface area contributed by atoms with Gasteiger partial charge >= 0.3 is 0 Å². The first kappa shape index (κ1) is 16.5. The molecule has 8 heteroatoms. The fourth-order valence-electron chi connectivity index (χ4n) is 1.81. The van der Waals surface area contributed by atoms with Crippen LogP contribution in [0, 0.1) is 5.92 Å². The van der Waals surface area contributed by atoms with Crippen LogP contribution in [0.15, 0.2) is 12.1 Å². The van der Waals surface area contributed by atoms with Crippen molar-refractivity contribution in [3.63, 3.8) is 0 Å². The summed E-state index contributed by atoms with van der Waals surface area (Å²) in [5, 5.41) is 16.4. The molecule has 1 unspecified atom stereocenters. The lowest BCUT2D eigenvalue weighted by Crippen LogP contribution is -2.25. The molecule has 0 aliphatic rings. The van der Waals surface area contributed by atoms with Gasteiger partial charge in [0.05, 0.1) is 26.8 Å². The second kappa shape index (κ2) is 6.92. The van der Waals surface area contributed by atoms with E-state index in [4.69, 9.17) is 34.8 Å². The van der Waals surface area contributed by atoms with Gasteiger partial charge in [-0.25, -0.2) is 0 Å². The van der Waals surface area contributed by atoms with Gasteiger partial charge in [0, 0.05) is 0 Å². The second-order valence-electron chi connectivity index (χ2n) is 5.19. The minimum Gasteiger partial charge on any atom is -0.307 e. The molecule has 1 atom stereocenters. The van der Waals surface area contributed by atoms with Crippen molar-refractivity contribution in [3.05, 3.63) is 33.0 Å². The Morgan fingerprint density at radius 3 is 2.43 bits per heavy atom. The van der Waals surface area contributed by atoms with Crippen LogP contribution in [-0.2, 0) is 0 Å². The molecule has 2 aromatic rings. The van der Waals surface area contributed by atoms with E-state index in [2.05, 4.69) is 34.7 Å². The number of nitrogens with zero attached hydrogens (tertiary/aromatic N) is 4. The highest BCUT2D eigenvalue weighted by Crippen LogP contribution is 2.31. The van der Waals surface area contributed by atoms with E-state index in [1.807, 2.05) is 6.92 Å². The van der Waals surface area contributed by atoms with Gasteiger partial charge in [-0.05, 0) is 41.9 Å². The van der Waals surface area contributed by atoms with Crippen molar-refractivity contribution in [2.24, 2.45) is 5.92 Å². The van der Waals surface area contributed by atoms with Gasteiger partial charge < -0.3 is 5.32 Å². The number of halogens is 3. The number of benzene rings is 1. The Labute approximate surface area is 138 Å². The largest absolute Gasteiger partial charge is 0.307 e. The van der Waals surface area contributed by atoms with Crippen molar-refractivity contribution in [1.29, 1.82) is 0 Å². The maximum absolute atomic E-state index is 6.22. The Morgan fingerprint density at radius 2 is 1.76 bits per heavy atom. The third kappa shape index (κ3) is 3.86. The number of tetrazole rings is 1. The molecule has 0 saturated carbocycles. The van der Waals surface area contributed by atoms with E-state index in [0.29, 0.717) is 32.5 Å². The van der Waals surface area contributed by atoms with Gasteiger partial charge in [-0.2, -0.15) is 4.68 Å². The van der Waals surface area contributed by atoms with Gasteiger partial charge in [-0.15, -0.1) is 5.10 Å². The minimum atomic E-state index is -0.0204. The van der Waals surface area contributed by atoms with Crippen LogP contribution in [-0.4, -0.2) is 26.8 Å². The molecule has 1 aromatic carbocycles. The van der Waals surface area contributed by atoms with Crippen molar-refractivity contribution >= 4 is 34.8 Å². The standard InChI is InChI=1S/C13H16Cl3N5/c1-7(2)6-17-8(3)13-18-19-20-21(13)12-5-10(15)9(14)4-11(12)16/h4-5,7-8,17H,6H2,1-3H3. The van der Waals surface area contributed by atoms with Crippen molar-refractivity contribution in [2.45, 2.75) is 26.8 Å². The molecule has 21 heavy (non-hydrogen) atoms. The van der Waals surface area contributed by atoms with Crippen LogP contribution in [0.25, 0.3) is 5.69 Å². The first-order valence-electron chi connectivity index (χ1n) is 6.56. The smallest absolute Gasteiger partial charge is 0.173 e. The normalized spacial score (nSPS) is 12.9. The van der Waals surface area contributed by atoms with Crippen molar-refractivity contribution < 1.29 is 0 Å². The van der Waals surface area contributed by atoms with Gasteiger partial charge in [-0.3, -0.25) is 0 Å². The first-order valence-corrected chi connectivity index (χ1v) is 7.70. The Morgan fingerprint density at radius 1 is 1.10 bits per heavy atom. The highest BCUT2D eigenvalue weighted by atomic mass is 35.5. The molecule has 0 aliphatic carbocycles. The monoisotopic (exact) mass is 347 g/mol. The summed E-state index contributed by atoms with van der Waals surface area (Å²) in [5.41, 5.74) is 0.601. The molecule has 0 bridgehead atoms. The molecule has 0 fully saturated rings. The molecular formula is C13H16Cl3N5. The summed E-state index contributed by atoms with van der Waals surface area (Å²) < 4.78 is 1.57. The quantitative estimate of drug-likeness (QED) is 0.832. The lowest BCUT2D eigenvalue weighted by molar-refractivity contribution is 0.475. The summed E-state index contributed by atoms with van der Waals surface area (Å²) >= 11 is 18.2. The molecule has 0 aliphatic heterocycles. The van der Waals surface area contributed by atoms with E-state index in [1.54, 1.807) is 16.8 Å². The predicted octanol–water partition coefficient (Wildman–Crippen LogP) is 3.93. The molecule has 2 rings (SSSR count). The zero-order valence-electron chi connectivity index (χ0n) is 11.9. The van der Waals surface area contributed by atoms with E-state index in [0.717, 1.165) is 6.54 Å². The number of aromatic nitrogens is 4. The second-order valence-corrected chi connectivity index (χ2v) is 6.41. The van der Waals surface area contributed by atoms with E-state index in [9.17, 15) is 0 Å². The van der Waals surface area contributed by atoms with E-state index in [1.165, 1.54) is 0 Å². The Kier molecular flexibility index (Phi) is 5.43. The van der Waals surface area contributed by atoms with Crippen LogP contribution in [0.1, 0.15) is 32.6 Å². The zero-order valence-corrected chi connectivity index (χ0v) is 14.2. The molecule has 0 spiro atoms. The van der Waals surface area contributed by atoms with Crippen molar-refractivity contribution in [2.75, 3.05) is 6.54 Å². The Bertz CT molecular complexity index is 626. The number of hydrogen-bond acceptors (Lipinski definition) is 4. The number of nitrogens with one attached hydrogen (secondary N) is 1. The lowest BCUT2D eigenvalue weighted by atomic mass is 10.2. The number of rotatable bonds is 5. The van der Waals surface area contributed by atoms with Gasteiger partial charge in [0.2, 0.25) is 0 Å². The van der Waals surface area contributed by atoms with E-state index < -0.39 is 0 Å². The summed E-state index contributed by atoms with van der Waals surface area (Å²) in [6.07, 6.45) is 0. The van der Waals surface area contributed by atoms with Crippen LogP contribution < -0.4 is 5.32 Å². The first-order chi connectivity index (χ1) is 9.90.